The van der Waals surface area contributed by atoms with Gasteiger partial charge < -0.3 is 10.1 Å². The molecule has 30 heavy (non-hydrogen) atoms. The molecule has 0 saturated carbocycles. The molecule has 2 aromatic carbocycles. The number of ether oxygens (including phenoxy) is 1. The van der Waals surface area contributed by atoms with E-state index in [0.29, 0.717) is 12.2 Å². The first kappa shape index (κ1) is 22.5. The first-order valence-electron chi connectivity index (χ1n) is 10.2. The van der Waals surface area contributed by atoms with Crippen molar-refractivity contribution in [3.63, 3.8) is 0 Å². The molecule has 0 spiro atoms. The first-order chi connectivity index (χ1) is 14.1. The highest BCUT2D eigenvalue weighted by atomic mass is 32.2. The third kappa shape index (κ3) is 5.90. The van der Waals surface area contributed by atoms with Crippen LogP contribution in [0.1, 0.15) is 55.1 Å². The van der Waals surface area contributed by atoms with Crippen molar-refractivity contribution < 1.29 is 17.9 Å². The summed E-state index contributed by atoms with van der Waals surface area (Å²) in [5.74, 6) is -0.142. The molecule has 1 aliphatic rings. The van der Waals surface area contributed by atoms with Crippen LogP contribution in [0.3, 0.4) is 0 Å². The third-order valence-corrected chi connectivity index (χ3v) is 6.63. The number of rotatable bonds is 6. The van der Waals surface area contributed by atoms with Crippen LogP contribution in [0, 0.1) is 0 Å². The molecule has 6 nitrogen and oxygen atoms in total. The van der Waals surface area contributed by atoms with Gasteiger partial charge in [-0.15, -0.1) is 0 Å². The molecule has 1 amide bonds. The molecule has 2 N–H and O–H groups in total. The Bertz CT molecular complexity index is 956. The van der Waals surface area contributed by atoms with Crippen molar-refractivity contribution in [3.8, 4) is 0 Å². The van der Waals surface area contributed by atoms with E-state index in [0.717, 1.165) is 30.6 Å². The van der Waals surface area contributed by atoms with Gasteiger partial charge in [-0.1, -0.05) is 45.0 Å². The zero-order chi connectivity index (χ0) is 21.8. The van der Waals surface area contributed by atoms with E-state index < -0.39 is 10.0 Å². The number of hydrogen-bond donors (Lipinski definition) is 2. The van der Waals surface area contributed by atoms with Crippen LogP contribution in [-0.4, -0.2) is 33.6 Å². The minimum atomic E-state index is -3.61. The Kier molecular flexibility index (Phi) is 6.95. The minimum Gasteiger partial charge on any atom is -0.379 e. The molecule has 1 saturated heterocycles. The van der Waals surface area contributed by atoms with Crippen molar-refractivity contribution in [3.05, 3.63) is 65.2 Å². The molecule has 1 heterocycles. The maximum Gasteiger partial charge on any atom is 0.251 e. The lowest BCUT2D eigenvalue weighted by atomic mass is 9.87. The molecule has 0 bridgehead atoms. The SMILES string of the molecule is CC(C)(C)c1ccc(S(=O)(=O)NCc2ccc(C(=O)NC3CCCOC3)cc2)cc1. The highest BCUT2D eigenvalue weighted by Crippen LogP contribution is 2.23. The van der Waals surface area contributed by atoms with Crippen molar-refractivity contribution in [1.82, 2.24) is 10.0 Å². The number of carbonyl (C=O) groups is 1. The summed E-state index contributed by atoms with van der Waals surface area (Å²) < 4.78 is 33.2. The zero-order valence-corrected chi connectivity index (χ0v) is 18.6. The molecule has 1 unspecified atom stereocenters. The Hall–Kier alpha value is -2.22. The van der Waals surface area contributed by atoms with Crippen LogP contribution < -0.4 is 10.0 Å². The highest BCUT2D eigenvalue weighted by molar-refractivity contribution is 7.89. The van der Waals surface area contributed by atoms with Gasteiger partial charge in [-0.05, 0) is 53.6 Å². The van der Waals surface area contributed by atoms with Crippen LogP contribution >= 0.6 is 0 Å². The van der Waals surface area contributed by atoms with Gasteiger partial charge in [0.15, 0.2) is 0 Å². The molecule has 3 rings (SSSR count). The normalized spacial score (nSPS) is 17.5. The molecular weight excluding hydrogens is 400 g/mol. The number of nitrogens with one attached hydrogen (secondary N) is 2. The summed E-state index contributed by atoms with van der Waals surface area (Å²) in [4.78, 5) is 12.6. The topological polar surface area (TPSA) is 84.5 Å². The molecule has 0 radical (unpaired) electrons. The van der Waals surface area contributed by atoms with Gasteiger partial charge in [0.25, 0.3) is 5.91 Å². The van der Waals surface area contributed by atoms with Crippen LogP contribution in [-0.2, 0) is 26.7 Å². The van der Waals surface area contributed by atoms with Crippen LogP contribution in [0.15, 0.2) is 53.4 Å². The van der Waals surface area contributed by atoms with Gasteiger partial charge in [0, 0.05) is 18.7 Å². The van der Waals surface area contributed by atoms with Crippen LogP contribution in [0.2, 0.25) is 0 Å². The average Bonchev–Trinajstić information content (AvgIpc) is 2.73. The molecule has 162 valence electrons. The van der Waals surface area contributed by atoms with Crippen molar-refractivity contribution >= 4 is 15.9 Å². The fraction of sp³-hybridized carbons (Fsp3) is 0.435. The van der Waals surface area contributed by atoms with Gasteiger partial charge in [-0.2, -0.15) is 0 Å². The smallest absolute Gasteiger partial charge is 0.251 e. The van der Waals surface area contributed by atoms with Gasteiger partial charge in [0.1, 0.15) is 0 Å². The van der Waals surface area contributed by atoms with E-state index in [-0.39, 0.29) is 28.8 Å². The van der Waals surface area contributed by atoms with E-state index >= 15 is 0 Å². The van der Waals surface area contributed by atoms with E-state index in [2.05, 4.69) is 30.8 Å². The van der Waals surface area contributed by atoms with Crippen LogP contribution in [0.5, 0.6) is 0 Å². The second-order valence-electron chi connectivity index (χ2n) is 8.68. The Morgan fingerprint density at radius 3 is 2.30 bits per heavy atom. The van der Waals surface area contributed by atoms with Gasteiger partial charge in [0.2, 0.25) is 10.0 Å². The number of sulfonamides is 1. The lowest BCUT2D eigenvalue weighted by Gasteiger charge is -2.23. The largest absolute Gasteiger partial charge is 0.379 e. The predicted molar refractivity (Wildman–Crippen MR) is 117 cm³/mol. The number of hydrogen-bond acceptors (Lipinski definition) is 4. The van der Waals surface area contributed by atoms with Gasteiger partial charge >= 0.3 is 0 Å². The summed E-state index contributed by atoms with van der Waals surface area (Å²) in [6, 6.07) is 13.9. The molecule has 1 aliphatic heterocycles. The molecular formula is C23H30N2O4S. The summed E-state index contributed by atoms with van der Waals surface area (Å²) >= 11 is 0. The summed E-state index contributed by atoms with van der Waals surface area (Å²) in [7, 11) is -3.61. The summed E-state index contributed by atoms with van der Waals surface area (Å²) in [5.41, 5.74) is 2.37. The second kappa shape index (κ2) is 9.29. The fourth-order valence-corrected chi connectivity index (χ4v) is 4.31. The Balaban J connectivity index is 1.58. The number of amides is 1. The molecule has 0 aromatic heterocycles. The zero-order valence-electron chi connectivity index (χ0n) is 17.8. The van der Waals surface area contributed by atoms with Gasteiger partial charge in [-0.3, -0.25) is 4.79 Å². The Morgan fingerprint density at radius 2 is 1.73 bits per heavy atom. The fourth-order valence-electron chi connectivity index (χ4n) is 3.29. The third-order valence-electron chi connectivity index (χ3n) is 5.21. The maximum atomic E-state index is 12.6. The predicted octanol–water partition coefficient (Wildman–Crippen LogP) is 3.37. The van der Waals surface area contributed by atoms with Gasteiger partial charge in [0.05, 0.1) is 17.5 Å². The summed E-state index contributed by atoms with van der Waals surface area (Å²) in [5, 5.41) is 2.97. The quantitative estimate of drug-likeness (QED) is 0.736. The molecule has 0 aliphatic carbocycles. The first-order valence-corrected chi connectivity index (χ1v) is 11.7. The van der Waals surface area contributed by atoms with E-state index in [4.69, 9.17) is 4.74 Å². The minimum absolute atomic E-state index is 0.0340. The summed E-state index contributed by atoms with van der Waals surface area (Å²) in [6.07, 6.45) is 1.87. The van der Waals surface area contributed by atoms with E-state index in [1.165, 1.54) is 0 Å². The lowest BCUT2D eigenvalue weighted by molar-refractivity contribution is 0.0624. The second-order valence-corrected chi connectivity index (χ2v) is 10.5. The van der Waals surface area contributed by atoms with Crippen molar-refractivity contribution in [1.29, 1.82) is 0 Å². The lowest BCUT2D eigenvalue weighted by Crippen LogP contribution is -2.40. The number of carbonyl (C=O) groups excluding carboxylic acids is 1. The van der Waals surface area contributed by atoms with Crippen molar-refractivity contribution in [2.45, 2.75) is 56.5 Å². The number of benzene rings is 2. The maximum absolute atomic E-state index is 12.6. The van der Waals surface area contributed by atoms with E-state index in [9.17, 15) is 13.2 Å². The van der Waals surface area contributed by atoms with Crippen molar-refractivity contribution in [2.75, 3.05) is 13.2 Å². The van der Waals surface area contributed by atoms with E-state index in [1.54, 1.807) is 36.4 Å². The standard InChI is InChI=1S/C23H30N2O4S/c1-23(2,3)19-10-12-21(13-11-19)30(27,28)24-15-17-6-8-18(9-7-17)22(26)25-20-5-4-14-29-16-20/h6-13,20,24H,4-5,14-16H2,1-3H3,(H,25,26). The molecule has 1 fully saturated rings. The van der Waals surface area contributed by atoms with Gasteiger partial charge in [-0.25, -0.2) is 13.1 Å². The van der Waals surface area contributed by atoms with Crippen LogP contribution in [0.4, 0.5) is 0 Å². The van der Waals surface area contributed by atoms with Crippen molar-refractivity contribution in [2.24, 2.45) is 0 Å². The molecule has 1 atom stereocenters. The average molecular weight is 431 g/mol. The highest BCUT2D eigenvalue weighted by Gasteiger charge is 2.19. The van der Waals surface area contributed by atoms with Crippen LogP contribution in [0.25, 0.3) is 0 Å². The van der Waals surface area contributed by atoms with E-state index in [1.807, 2.05) is 12.1 Å². The Labute approximate surface area is 179 Å². The monoisotopic (exact) mass is 430 g/mol. The Morgan fingerprint density at radius 1 is 1.07 bits per heavy atom. The molecule has 7 heteroatoms. The molecule has 2 aromatic rings. The summed E-state index contributed by atoms with van der Waals surface area (Å²) in [6.45, 7) is 7.70.